The molecule has 0 aromatic heterocycles. The largest absolute Gasteiger partial charge is 0.452 e. The summed E-state index contributed by atoms with van der Waals surface area (Å²) in [5, 5.41) is 13.1. The zero-order valence-electron chi connectivity index (χ0n) is 14.0. The SMILES string of the molecule is CC(OC(=O)CCN1C(=O)CCC1=O)C(=O)Nc1cccc([N+](=O)[O-])c1. The topological polar surface area (TPSA) is 136 Å². The average Bonchev–Trinajstić information content (AvgIpc) is 2.91. The van der Waals surface area contributed by atoms with Gasteiger partial charge in [0.15, 0.2) is 6.10 Å². The van der Waals surface area contributed by atoms with Crippen LogP contribution in [-0.2, 0) is 23.9 Å². The lowest BCUT2D eigenvalue weighted by atomic mass is 10.2. The summed E-state index contributed by atoms with van der Waals surface area (Å²) in [6.45, 7) is 1.26. The van der Waals surface area contributed by atoms with Gasteiger partial charge in [0.25, 0.3) is 11.6 Å². The van der Waals surface area contributed by atoms with Crippen molar-refractivity contribution in [3.63, 3.8) is 0 Å². The first-order valence-corrected chi connectivity index (χ1v) is 7.86. The Bertz CT molecular complexity index is 746. The number of rotatable bonds is 7. The first kappa shape index (κ1) is 19.0. The summed E-state index contributed by atoms with van der Waals surface area (Å²) < 4.78 is 4.96. The van der Waals surface area contributed by atoms with Gasteiger partial charge < -0.3 is 10.1 Å². The van der Waals surface area contributed by atoms with Crippen molar-refractivity contribution in [2.24, 2.45) is 0 Å². The monoisotopic (exact) mass is 363 g/mol. The van der Waals surface area contributed by atoms with Gasteiger partial charge in [-0.15, -0.1) is 0 Å². The fourth-order valence-electron chi connectivity index (χ4n) is 2.33. The Kier molecular flexibility index (Phi) is 5.99. The number of carbonyl (C=O) groups is 4. The van der Waals surface area contributed by atoms with E-state index in [2.05, 4.69) is 5.32 Å². The third-order valence-electron chi connectivity index (χ3n) is 3.70. The third-order valence-corrected chi connectivity index (χ3v) is 3.70. The minimum absolute atomic E-state index is 0.0876. The fourth-order valence-corrected chi connectivity index (χ4v) is 2.33. The second-order valence-electron chi connectivity index (χ2n) is 5.62. The number of nitro groups is 1. The molecular weight excluding hydrogens is 346 g/mol. The van der Waals surface area contributed by atoms with E-state index >= 15 is 0 Å². The van der Waals surface area contributed by atoms with Crippen LogP contribution in [0.4, 0.5) is 11.4 Å². The lowest BCUT2D eigenvalue weighted by Crippen LogP contribution is -2.34. The van der Waals surface area contributed by atoms with Crippen molar-refractivity contribution in [3.8, 4) is 0 Å². The number of non-ortho nitro benzene ring substituents is 1. The van der Waals surface area contributed by atoms with Crippen LogP contribution in [0.1, 0.15) is 26.2 Å². The molecule has 1 atom stereocenters. The Morgan fingerprint density at radius 2 is 1.96 bits per heavy atom. The van der Waals surface area contributed by atoms with Crippen LogP contribution in [0.25, 0.3) is 0 Å². The van der Waals surface area contributed by atoms with Crippen LogP contribution >= 0.6 is 0 Å². The third kappa shape index (κ3) is 4.85. The Hall–Kier alpha value is -3.30. The molecule has 1 heterocycles. The van der Waals surface area contributed by atoms with E-state index in [-0.39, 0.29) is 49.0 Å². The number of hydrogen-bond acceptors (Lipinski definition) is 7. The highest BCUT2D eigenvalue weighted by Gasteiger charge is 2.29. The van der Waals surface area contributed by atoms with Gasteiger partial charge in [0.1, 0.15) is 0 Å². The highest BCUT2D eigenvalue weighted by atomic mass is 16.6. The van der Waals surface area contributed by atoms with Gasteiger partial charge in [-0.3, -0.25) is 34.2 Å². The van der Waals surface area contributed by atoms with Crippen LogP contribution in [0.3, 0.4) is 0 Å². The van der Waals surface area contributed by atoms with Gasteiger partial charge in [-0.2, -0.15) is 0 Å². The molecule has 1 unspecified atom stereocenters. The number of nitro benzene ring substituents is 1. The highest BCUT2D eigenvalue weighted by Crippen LogP contribution is 2.17. The standard InChI is InChI=1S/C16H17N3O7/c1-10(16(23)17-11-3-2-4-12(9-11)19(24)25)26-15(22)7-8-18-13(20)5-6-14(18)21/h2-4,9-10H,5-8H2,1H3,(H,17,23). The van der Waals surface area contributed by atoms with Crippen LogP contribution in [0.15, 0.2) is 24.3 Å². The molecule has 0 saturated carbocycles. The fraction of sp³-hybridized carbons (Fsp3) is 0.375. The predicted octanol–water partition coefficient (Wildman–Crippen LogP) is 1.00. The van der Waals surface area contributed by atoms with E-state index in [4.69, 9.17) is 4.74 Å². The van der Waals surface area contributed by atoms with Crippen LogP contribution < -0.4 is 5.32 Å². The minimum Gasteiger partial charge on any atom is -0.452 e. The van der Waals surface area contributed by atoms with Crippen LogP contribution in [0, 0.1) is 10.1 Å². The summed E-state index contributed by atoms with van der Waals surface area (Å²) in [5.41, 5.74) is 0.00718. The first-order valence-electron chi connectivity index (χ1n) is 7.86. The quantitative estimate of drug-likeness (QED) is 0.330. The second-order valence-corrected chi connectivity index (χ2v) is 5.62. The molecule has 1 aliphatic heterocycles. The number of likely N-dealkylation sites (tertiary alicyclic amines) is 1. The van der Waals surface area contributed by atoms with E-state index in [1.54, 1.807) is 0 Å². The van der Waals surface area contributed by atoms with Crippen molar-refractivity contribution in [3.05, 3.63) is 34.4 Å². The number of benzene rings is 1. The van der Waals surface area contributed by atoms with Gasteiger partial charge in [-0.05, 0) is 13.0 Å². The molecule has 0 spiro atoms. The summed E-state index contributed by atoms with van der Waals surface area (Å²) in [7, 11) is 0. The van der Waals surface area contributed by atoms with Crippen molar-refractivity contribution in [1.82, 2.24) is 4.90 Å². The van der Waals surface area contributed by atoms with Gasteiger partial charge in [-0.1, -0.05) is 6.07 Å². The molecule has 0 bridgehead atoms. The van der Waals surface area contributed by atoms with Crippen LogP contribution in [-0.4, -0.2) is 46.2 Å². The van der Waals surface area contributed by atoms with Crippen LogP contribution in [0.2, 0.25) is 0 Å². The van der Waals surface area contributed by atoms with E-state index in [0.717, 1.165) is 4.90 Å². The number of ether oxygens (including phenoxy) is 1. The van der Waals surface area contributed by atoms with Crippen molar-refractivity contribution < 1.29 is 28.8 Å². The number of nitrogens with zero attached hydrogens (tertiary/aromatic N) is 2. The Morgan fingerprint density at radius 1 is 1.31 bits per heavy atom. The zero-order chi connectivity index (χ0) is 19.3. The first-order chi connectivity index (χ1) is 12.3. The molecule has 2 rings (SSSR count). The van der Waals surface area contributed by atoms with Crippen LogP contribution in [0.5, 0.6) is 0 Å². The Labute approximate surface area is 148 Å². The molecule has 1 N–H and O–H groups in total. The van der Waals surface area contributed by atoms with E-state index in [9.17, 15) is 29.3 Å². The molecular formula is C16H17N3O7. The van der Waals surface area contributed by atoms with Gasteiger partial charge >= 0.3 is 5.97 Å². The number of anilines is 1. The minimum atomic E-state index is -1.15. The molecule has 1 aliphatic rings. The number of amides is 3. The van der Waals surface area contributed by atoms with E-state index in [1.807, 2.05) is 0 Å². The molecule has 1 saturated heterocycles. The number of imide groups is 1. The summed E-state index contributed by atoms with van der Waals surface area (Å²) in [5.74, 6) is -2.06. The Balaban J connectivity index is 1.83. The number of esters is 1. The number of nitrogens with one attached hydrogen (secondary N) is 1. The van der Waals surface area contributed by atoms with Gasteiger partial charge in [0, 0.05) is 37.2 Å². The maximum atomic E-state index is 12.0. The normalized spacial score (nSPS) is 14.9. The molecule has 1 aromatic rings. The van der Waals surface area contributed by atoms with Crippen molar-refractivity contribution in [2.45, 2.75) is 32.3 Å². The summed E-state index contributed by atoms with van der Waals surface area (Å²) in [6.07, 6.45) is -1.09. The number of carbonyl (C=O) groups excluding carboxylic acids is 4. The maximum Gasteiger partial charge on any atom is 0.308 e. The van der Waals surface area contributed by atoms with Crippen molar-refractivity contribution >= 4 is 35.1 Å². The molecule has 3 amide bonds. The molecule has 10 nitrogen and oxygen atoms in total. The van der Waals surface area contributed by atoms with Gasteiger partial charge in [0.05, 0.1) is 11.3 Å². The van der Waals surface area contributed by atoms with Gasteiger partial charge in [0.2, 0.25) is 11.8 Å². The predicted molar refractivity (Wildman–Crippen MR) is 87.9 cm³/mol. The summed E-state index contributed by atoms with van der Waals surface area (Å²) in [6, 6.07) is 5.33. The summed E-state index contributed by atoms with van der Waals surface area (Å²) in [4.78, 5) is 57.8. The molecule has 26 heavy (non-hydrogen) atoms. The molecule has 10 heteroatoms. The van der Waals surface area contributed by atoms with E-state index in [0.29, 0.717) is 0 Å². The molecule has 0 aliphatic carbocycles. The second kappa shape index (κ2) is 8.19. The Morgan fingerprint density at radius 3 is 2.58 bits per heavy atom. The lowest BCUT2D eigenvalue weighted by Gasteiger charge is -2.16. The number of hydrogen-bond donors (Lipinski definition) is 1. The highest BCUT2D eigenvalue weighted by molar-refractivity contribution is 6.02. The van der Waals surface area contributed by atoms with Crippen molar-refractivity contribution in [2.75, 3.05) is 11.9 Å². The lowest BCUT2D eigenvalue weighted by molar-refractivity contribution is -0.384. The maximum absolute atomic E-state index is 12.0. The molecule has 138 valence electrons. The molecule has 0 radical (unpaired) electrons. The van der Waals surface area contributed by atoms with E-state index in [1.165, 1.54) is 31.2 Å². The molecule has 1 aromatic carbocycles. The zero-order valence-corrected chi connectivity index (χ0v) is 14.0. The smallest absolute Gasteiger partial charge is 0.308 e. The van der Waals surface area contributed by atoms with Gasteiger partial charge in [-0.25, -0.2) is 0 Å². The summed E-state index contributed by atoms with van der Waals surface area (Å²) >= 11 is 0. The molecule has 1 fully saturated rings. The van der Waals surface area contributed by atoms with E-state index < -0.39 is 22.9 Å². The average molecular weight is 363 g/mol. The van der Waals surface area contributed by atoms with Crippen molar-refractivity contribution in [1.29, 1.82) is 0 Å².